The summed E-state index contributed by atoms with van der Waals surface area (Å²) in [5.41, 5.74) is 5.98. The molecule has 1 heterocycles. The van der Waals surface area contributed by atoms with Gasteiger partial charge in [-0.15, -0.1) is 0 Å². The maximum Gasteiger partial charge on any atom is 0.312 e. The first-order valence-corrected chi connectivity index (χ1v) is 5.47. The highest BCUT2D eigenvalue weighted by Gasteiger charge is 2.07. The van der Waals surface area contributed by atoms with Crippen molar-refractivity contribution in [2.24, 2.45) is 5.73 Å². The molecule has 0 aliphatic rings. The molecule has 17 heavy (non-hydrogen) atoms. The molecule has 0 saturated heterocycles. The van der Waals surface area contributed by atoms with Gasteiger partial charge in [-0.25, -0.2) is 14.8 Å². The van der Waals surface area contributed by atoms with Crippen molar-refractivity contribution in [1.82, 2.24) is 15.3 Å². The first-order chi connectivity index (χ1) is 8.19. The van der Waals surface area contributed by atoms with Crippen LogP contribution in [0.15, 0.2) is 6.33 Å². The standard InChI is InChI=1S/C10H18N6O/c1-3-7-8(12-2)15-6-16-9(7)13-4-5-14-10(11)17/h6H,3-5H2,1-2H3,(H3,11,14,17)(H2,12,13,15,16). The van der Waals surface area contributed by atoms with Crippen LogP contribution in [0.1, 0.15) is 12.5 Å². The summed E-state index contributed by atoms with van der Waals surface area (Å²) < 4.78 is 0. The number of anilines is 2. The van der Waals surface area contributed by atoms with Gasteiger partial charge in [0.2, 0.25) is 0 Å². The molecule has 0 spiro atoms. The highest BCUT2D eigenvalue weighted by Crippen LogP contribution is 2.19. The molecule has 2 amide bonds. The molecule has 0 radical (unpaired) electrons. The van der Waals surface area contributed by atoms with E-state index in [0.717, 1.165) is 23.6 Å². The highest BCUT2D eigenvalue weighted by molar-refractivity contribution is 5.71. The molecule has 0 unspecified atom stereocenters. The number of urea groups is 1. The van der Waals surface area contributed by atoms with Crippen LogP contribution in [0.3, 0.4) is 0 Å². The molecule has 0 bridgehead atoms. The predicted molar refractivity (Wildman–Crippen MR) is 67.0 cm³/mol. The summed E-state index contributed by atoms with van der Waals surface area (Å²) in [4.78, 5) is 18.8. The second-order valence-corrected chi connectivity index (χ2v) is 3.37. The zero-order valence-electron chi connectivity index (χ0n) is 10.1. The first-order valence-electron chi connectivity index (χ1n) is 5.47. The van der Waals surface area contributed by atoms with E-state index >= 15 is 0 Å². The van der Waals surface area contributed by atoms with Gasteiger partial charge in [-0.2, -0.15) is 0 Å². The van der Waals surface area contributed by atoms with E-state index in [4.69, 9.17) is 5.73 Å². The van der Waals surface area contributed by atoms with Crippen LogP contribution in [0.25, 0.3) is 0 Å². The van der Waals surface area contributed by atoms with E-state index in [1.807, 2.05) is 14.0 Å². The molecule has 1 rings (SSSR count). The first kappa shape index (κ1) is 13.0. The molecule has 0 aliphatic carbocycles. The van der Waals surface area contributed by atoms with E-state index in [1.54, 1.807) is 0 Å². The topological polar surface area (TPSA) is 105 Å². The summed E-state index contributed by atoms with van der Waals surface area (Å²) in [5.74, 6) is 1.59. The number of nitrogens with one attached hydrogen (secondary N) is 3. The fourth-order valence-corrected chi connectivity index (χ4v) is 1.48. The molecule has 1 aromatic heterocycles. The summed E-state index contributed by atoms with van der Waals surface area (Å²) in [5, 5.41) is 8.65. The Labute approximate surface area is 100 Å². The van der Waals surface area contributed by atoms with Gasteiger partial charge in [-0.3, -0.25) is 0 Å². The van der Waals surface area contributed by atoms with Gasteiger partial charge < -0.3 is 21.7 Å². The number of aromatic nitrogens is 2. The van der Waals surface area contributed by atoms with Crippen LogP contribution in [0.5, 0.6) is 0 Å². The van der Waals surface area contributed by atoms with Gasteiger partial charge in [-0.1, -0.05) is 6.92 Å². The van der Waals surface area contributed by atoms with Gasteiger partial charge in [0, 0.05) is 25.7 Å². The van der Waals surface area contributed by atoms with Crippen LogP contribution >= 0.6 is 0 Å². The maximum absolute atomic E-state index is 10.5. The van der Waals surface area contributed by atoms with Crippen molar-refractivity contribution in [2.75, 3.05) is 30.8 Å². The van der Waals surface area contributed by atoms with Crippen molar-refractivity contribution >= 4 is 17.7 Å². The lowest BCUT2D eigenvalue weighted by atomic mass is 10.2. The van der Waals surface area contributed by atoms with Crippen LogP contribution in [0, 0.1) is 0 Å². The second-order valence-electron chi connectivity index (χ2n) is 3.37. The number of carbonyl (C=O) groups excluding carboxylic acids is 1. The number of nitrogens with zero attached hydrogens (tertiary/aromatic N) is 2. The van der Waals surface area contributed by atoms with Crippen LogP contribution in [0.4, 0.5) is 16.4 Å². The average molecular weight is 238 g/mol. The third-order valence-electron chi connectivity index (χ3n) is 2.25. The van der Waals surface area contributed by atoms with Crippen molar-refractivity contribution in [2.45, 2.75) is 13.3 Å². The van der Waals surface area contributed by atoms with E-state index < -0.39 is 6.03 Å². The molecule has 0 aliphatic heterocycles. The Morgan fingerprint density at radius 2 is 2.06 bits per heavy atom. The van der Waals surface area contributed by atoms with Crippen LogP contribution in [-0.2, 0) is 6.42 Å². The van der Waals surface area contributed by atoms with Crippen LogP contribution in [0.2, 0.25) is 0 Å². The van der Waals surface area contributed by atoms with Crippen molar-refractivity contribution < 1.29 is 4.79 Å². The summed E-state index contributed by atoms with van der Waals surface area (Å²) in [6, 6.07) is -0.527. The van der Waals surface area contributed by atoms with Crippen molar-refractivity contribution in [1.29, 1.82) is 0 Å². The Balaban J connectivity index is 2.60. The Morgan fingerprint density at radius 1 is 1.35 bits per heavy atom. The van der Waals surface area contributed by atoms with Gasteiger partial charge in [0.25, 0.3) is 0 Å². The third-order valence-corrected chi connectivity index (χ3v) is 2.25. The lowest BCUT2D eigenvalue weighted by Gasteiger charge is -2.12. The number of carbonyl (C=O) groups is 1. The normalized spacial score (nSPS) is 9.76. The number of rotatable bonds is 6. The number of hydrogen-bond donors (Lipinski definition) is 4. The van der Waals surface area contributed by atoms with Crippen molar-refractivity contribution in [3.63, 3.8) is 0 Å². The molecule has 1 aromatic rings. The van der Waals surface area contributed by atoms with Gasteiger partial charge in [0.1, 0.15) is 18.0 Å². The molecule has 7 nitrogen and oxygen atoms in total. The lowest BCUT2D eigenvalue weighted by molar-refractivity contribution is 0.249. The Kier molecular flexibility index (Phi) is 4.99. The summed E-state index contributed by atoms with van der Waals surface area (Å²) in [7, 11) is 1.82. The number of amides is 2. The number of primary amides is 1. The van der Waals surface area contributed by atoms with E-state index in [-0.39, 0.29) is 0 Å². The Hall–Kier alpha value is -2.05. The monoisotopic (exact) mass is 238 g/mol. The molecule has 94 valence electrons. The van der Waals surface area contributed by atoms with Crippen molar-refractivity contribution in [3.05, 3.63) is 11.9 Å². The average Bonchev–Trinajstić information content (AvgIpc) is 2.33. The van der Waals surface area contributed by atoms with E-state index in [2.05, 4.69) is 25.9 Å². The Morgan fingerprint density at radius 3 is 2.65 bits per heavy atom. The minimum atomic E-state index is -0.527. The lowest BCUT2D eigenvalue weighted by Crippen LogP contribution is -2.33. The predicted octanol–water partition coefficient (Wildman–Crippen LogP) is 0.161. The Bertz CT molecular complexity index is 381. The van der Waals surface area contributed by atoms with E-state index in [9.17, 15) is 4.79 Å². The summed E-state index contributed by atoms with van der Waals surface area (Å²) in [6.45, 7) is 3.06. The molecule has 7 heteroatoms. The highest BCUT2D eigenvalue weighted by atomic mass is 16.2. The summed E-state index contributed by atoms with van der Waals surface area (Å²) in [6.07, 6.45) is 2.32. The molecule has 0 aromatic carbocycles. The van der Waals surface area contributed by atoms with Crippen LogP contribution in [-0.4, -0.2) is 36.1 Å². The SMILES string of the molecule is CCc1c(NC)ncnc1NCCNC(N)=O. The molecular weight excluding hydrogens is 220 g/mol. The third kappa shape index (κ3) is 3.78. The van der Waals surface area contributed by atoms with E-state index in [0.29, 0.717) is 13.1 Å². The fraction of sp³-hybridized carbons (Fsp3) is 0.500. The fourth-order valence-electron chi connectivity index (χ4n) is 1.48. The molecular formula is C10H18N6O. The summed E-state index contributed by atoms with van der Waals surface area (Å²) >= 11 is 0. The molecule has 0 saturated carbocycles. The largest absolute Gasteiger partial charge is 0.373 e. The van der Waals surface area contributed by atoms with E-state index in [1.165, 1.54) is 6.33 Å². The maximum atomic E-state index is 10.5. The quantitative estimate of drug-likeness (QED) is 0.528. The van der Waals surface area contributed by atoms with Gasteiger partial charge in [0.15, 0.2) is 0 Å². The second kappa shape index (κ2) is 6.51. The molecule has 0 fully saturated rings. The minimum absolute atomic E-state index is 0.456. The van der Waals surface area contributed by atoms with Crippen molar-refractivity contribution in [3.8, 4) is 0 Å². The minimum Gasteiger partial charge on any atom is -0.373 e. The molecule has 0 atom stereocenters. The smallest absolute Gasteiger partial charge is 0.312 e. The zero-order valence-corrected chi connectivity index (χ0v) is 10.1. The van der Waals surface area contributed by atoms with Crippen LogP contribution < -0.4 is 21.7 Å². The van der Waals surface area contributed by atoms with Gasteiger partial charge in [0.05, 0.1) is 0 Å². The molecule has 5 N–H and O–H groups in total. The number of hydrogen-bond acceptors (Lipinski definition) is 5. The number of nitrogens with two attached hydrogens (primary N) is 1. The van der Waals surface area contributed by atoms with Gasteiger partial charge in [-0.05, 0) is 6.42 Å². The zero-order chi connectivity index (χ0) is 12.7. The van der Waals surface area contributed by atoms with Gasteiger partial charge >= 0.3 is 6.03 Å².